The van der Waals surface area contributed by atoms with E-state index < -0.39 is 5.97 Å². The third-order valence-corrected chi connectivity index (χ3v) is 2.84. The Morgan fingerprint density at radius 3 is 2.57 bits per heavy atom. The maximum Gasteiger partial charge on any atom is 0.335 e. The summed E-state index contributed by atoms with van der Waals surface area (Å²) in [5.41, 5.74) is 0.920. The monoisotopic (exact) mass is 293 g/mol. The van der Waals surface area contributed by atoms with Gasteiger partial charge in [0.25, 0.3) is 0 Å². The summed E-state index contributed by atoms with van der Waals surface area (Å²) >= 11 is 0. The van der Waals surface area contributed by atoms with E-state index in [-0.39, 0.29) is 24.1 Å². The molecule has 0 aliphatic rings. The molecule has 6 nitrogen and oxygen atoms in total. The van der Waals surface area contributed by atoms with Crippen molar-refractivity contribution in [1.82, 2.24) is 10.3 Å². The number of carboxylic acid groups (broad SMARTS) is 1. The van der Waals surface area contributed by atoms with E-state index >= 15 is 0 Å². The predicted octanol–water partition coefficient (Wildman–Crippen LogP) is 1.69. The summed E-state index contributed by atoms with van der Waals surface area (Å²) in [5.74, 6) is -0.611. The Bertz CT molecular complexity index is 515. The third kappa shape index (κ3) is 5.41. The zero-order valence-electron chi connectivity index (χ0n) is 13.0. The van der Waals surface area contributed by atoms with Gasteiger partial charge in [-0.1, -0.05) is 13.3 Å². The standard InChI is InChI=1S/C15H23N3O3/c1-5-6-12-7-11(15(20)21)8-13(17-12)18(4)9-14(19)16-10(2)3/h7-8,10H,5-6,9H2,1-4H3,(H,16,19)(H,20,21). The maximum atomic E-state index is 11.8. The number of aryl methyl sites for hydroxylation is 1. The number of hydrogen-bond donors (Lipinski definition) is 2. The molecule has 0 saturated carbocycles. The number of amides is 1. The van der Waals surface area contributed by atoms with Crippen LogP contribution in [0.25, 0.3) is 0 Å². The molecule has 1 heterocycles. The molecule has 0 radical (unpaired) electrons. The molecule has 2 N–H and O–H groups in total. The number of aromatic carboxylic acids is 1. The lowest BCUT2D eigenvalue weighted by atomic mass is 10.1. The summed E-state index contributed by atoms with van der Waals surface area (Å²) in [6.45, 7) is 5.93. The summed E-state index contributed by atoms with van der Waals surface area (Å²) in [7, 11) is 1.73. The molecule has 0 aliphatic heterocycles. The molecule has 0 spiro atoms. The second kappa shape index (κ2) is 7.61. The normalized spacial score (nSPS) is 10.5. The Kier molecular flexibility index (Phi) is 6.14. The summed E-state index contributed by atoms with van der Waals surface area (Å²) in [4.78, 5) is 29.0. The van der Waals surface area contributed by atoms with Crippen LogP contribution in [-0.2, 0) is 11.2 Å². The van der Waals surface area contributed by atoms with Crippen LogP contribution in [0.4, 0.5) is 5.82 Å². The molecule has 0 unspecified atom stereocenters. The smallest absolute Gasteiger partial charge is 0.335 e. The van der Waals surface area contributed by atoms with E-state index in [0.29, 0.717) is 12.2 Å². The number of aromatic nitrogens is 1. The van der Waals surface area contributed by atoms with Gasteiger partial charge in [0.2, 0.25) is 5.91 Å². The quantitative estimate of drug-likeness (QED) is 0.799. The first kappa shape index (κ1) is 16.9. The molecular formula is C15H23N3O3. The summed E-state index contributed by atoms with van der Waals surface area (Å²) < 4.78 is 0. The Hall–Kier alpha value is -2.11. The second-order valence-corrected chi connectivity index (χ2v) is 5.34. The van der Waals surface area contributed by atoms with E-state index in [1.807, 2.05) is 20.8 Å². The van der Waals surface area contributed by atoms with Gasteiger partial charge in [0, 0.05) is 18.8 Å². The van der Waals surface area contributed by atoms with Crippen LogP contribution in [0.1, 0.15) is 43.2 Å². The van der Waals surface area contributed by atoms with Crippen molar-refractivity contribution >= 4 is 17.7 Å². The van der Waals surface area contributed by atoms with Gasteiger partial charge >= 0.3 is 5.97 Å². The number of rotatable bonds is 7. The molecular weight excluding hydrogens is 270 g/mol. The van der Waals surface area contributed by atoms with Crippen molar-refractivity contribution in [1.29, 1.82) is 0 Å². The molecule has 1 aromatic heterocycles. The number of carbonyl (C=O) groups is 2. The molecule has 1 aromatic rings. The minimum atomic E-state index is -0.990. The van der Waals surface area contributed by atoms with Gasteiger partial charge in [-0.2, -0.15) is 0 Å². The molecule has 0 aliphatic carbocycles. The van der Waals surface area contributed by atoms with Crippen LogP contribution >= 0.6 is 0 Å². The molecule has 116 valence electrons. The van der Waals surface area contributed by atoms with Crippen molar-refractivity contribution < 1.29 is 14.7 Å². The summed E-state index contributed by atoms with van der Waals surface area (Å²) in [6, 6.07) is 3.14. The molecule has 0 atom stereocenters. The average Bonchev–Trinajstić information content (AvgIpc) is 2.37. The fourth-order valence-corrected chi connectivity index (χ4v) is 1.94. The highest BCUT2D eigenvalue weighted by atomic mass is 16.4. The van der Waals surface area contributed by atoms with Gasteiger partial charge in [0.05, 0.1) is 12.1 Å². The predicted molar refractivity (Wildman–Crippen MR) is 81.7 cm³/mol. The molecule has 0 bridgehead atoms. The Labute approximate surface area is 125 Å². The first-order chi connectivity index (χ1) is 9.83. The number of likely N-dealkylation sites (N-methyl/N-ethyl adjacent to an activating group) is 1. The second-order valence-electron chi connectivity index (χ2n) is 5.34. The third-order valence-electron chi connectivity index (χ3n) is 2.84. The number of nitrogens with zero attached hydrogens (tertiary/aromatic N) is 2. The number of hydrogen-bond acceptors (Lipinski definition) is 4. The fraction of sp³-hybridized carbons (Fsp3) is 0.533. The van der Waals surface area contributed by atoms with Crippen molar-refractivity contribution in [2.45, 2.75) is 39.7 Å². The molecule has 1 rings (SSSR count). The van der Waals surface area contributed by atoms with E-state index in [2.05, 4.69) is 10.3 Å². The van der Waals surface area contributed by atoms with Crippen LogP contribution in [-0.4, -0.2) is 41.6 Å². The van der Waals surface area contributed by atoms with Gasteiger partial charge < -0.3 is 15.3 Å². The first-order valence-electron chi connectivity index (χ1n) is 7.08. The van der Waals surface area contributed by atoms with Crippen LogP contribution in [0, 0.1) is 0 Å². The molecule has 6 heteroatoms. The van der Waals surface area contributed by atoms with Gasteiger partial charge in [-0.05, 0) is 32.4 Å². The van der Waals surface area contributed by atoms with Crippen LogP contribution in [0.5, 0.6) is 0 Å². The number of pyridine rings is 1. The Morgan fingerprint density at radius 1 is 1.38 bits per heavy atom. The van der Waals surface area contributed by atoms with Crippen LogP contribution < -0.4 is 10.2 Å². The number of anilines is 1. The molecule has 0 saturated heterocycles. The number of carboxylic acids is 1. The highest BCUT2D eigenvalue weighted by molar-refractivity contribution is 5.89. The minimum Gasteiger partial charge on any atom is -0.478 e. The molecule has 1 amide bonds. The van der Waals surface area contributed by atoms with Crippen molar-refractivity contribution in [3.8, 4) is 0 Å². The van der Waals surface area contributed by atoms with E-state index in [9.17, 15) is 9.59 Å². The number of carbonyl (C=O) groups excluding carboxylic acids is 1. The summed E-state index contributed by atoms with van der Waals surface area (Å²) in [5, 5.41) is 12.0. The molecule has 21 heavy (non-hydrogen) atoms. The van der Waals surface area contributed by atoms with Gasteiger partial charge in [0.1, 0.15) is 5.82 Å². The van der Waals surface area contributed by atoms with E-state index in [4.69, 9.17) is 5.11 Å². The van der Waals surface area contributed by atoms with Crippen LogP contribution in [0.2, 0.25) is 0 Å². The number of nitrogens with one attached hydrogen (secondary N) is 1. The van der Waals surface area contributed by atoms with Crippen molar-refractivity contribution in [2.24, 2.45) is 0 Å². The summed E-state index contributed by atoms with van der Waals surface area (Å²) in [6.07, 6.45) is 1.59. The van der Waals surface area contributed by atoms with E-state index in [1.54, 1.807) is 18.0 Å². The van der Waals surface area contributed by atoms with E-state index in [0.717, 1.165) is 12.1 Å². The Balaban J connectivity index is 2.94. The lowest BCUT2D eigenvalue weighted by Crippen LogP contribution is -2.39. The van der Waals surface area contributed by atoms with Crippen LogP contribution in [0.15, 0.2) is 12.1 Å². The maximum absolute atomic E-state index is 11.8. The van der Waals surface area contributed by atoms with Crippen molar-refractivity contribution in [2.75, 3.05) is 18.5 Å². The lowest BCUT2D eigenvalue weighted by molar-refractivity contribution is -0.120. The first-order valence-corrected chi connectivity index (χ1v) is 7.08. The van der Waals surface area contributed by atoms with Gasteiger partial charge in [-0.3, -0.25) is 4.79 Å². The zero-order chi connectivity index (χ0) is 16.0. The van der Waals surface area contributed by atoms with Crippen molar-refractivity contribution in [3.05, 3.63) is 23.4 Å². The lowest BCUT2D eigenvalue weighted by Gasteiger charge is -2.20. The largest absolute Gasteiger partial charge is 0.478 e. The van der Waals surface area contributed by atoms with Crippen molar-refractivity contribution in [3.63, 3.8) is 0 Å². The Morgan fingerprint density at radius 2 is 2.05 bits per heavy atom. The average molecular weight is 293 g/mol. The topological polar surface area (TPSA) is 82.5 Å². The van der Waals surface area contributed by atoms with Gasteiger partial charge in [-0.15, -0.1) is 0 Å². The fourth-order valence-electron chi connectivity index (χ4n) is 1.94. The highest BCUT2D eigenvalue weighted by Gasteiger charge is 2.13. The minimum absolute atomic E-state index is 0.0693. The van der Waals surface area contributed by atoms with Crippen LogP contribution in [0.3, 0.4) is 0 Å². The van der Waals surface area contributed by atoms with E-state index in [1.165, 1.54) is 6.07 Å². The molecule has 0 fully saturated rings. The highest BCUT2D eigenvalue weighted by Crippen LogP contribution is 2.15. The SMILES string of the molecule is CCCc1cc(C(=O)O)cc(N(C)CC(=O)NC(C)C)n1. The zero-order valence-corrected chi connectivity index (χ0v) is 13.0. The molecule has 0 aromatic carbocycles. The van der Waals surface area contributed by atoms with Gasteiger partial charge in [0.15, 0.2) is 0 Å². The van der Waals surface area contributed by atoms with Gasteiger partial charge in [-0.25, -0.2) is 9.78 Å².